The van der Waals surface area contributed by atoms with E-state index >= 15 is 0 Å². The highest BCUT2D eigenvalue weighted by Crippen LogP contribution is 2.23. The summed E-state index contributed by atoms with van der Waals surface area (Å²) in [5, 5.41) is 14.1. The molecule has 1 rings (SSSR count). The van der Waals surface area contributed by atoms with E-state index in [2.05, 4.69) is 10.6 Å². The number of urea groups is 1. The van der Waals surface area contributed by atoms with Crippen LogP contribution >= 0.6 is 0 Å². The molecule has 0 aliphatic heterocycles. The molecule has 2 amide bonds. The Morgan fingerprint density at radius 3 is 2.53 bits per heavy atom. The fraction of sp³-hybridized carbons (Fsp3) is 0.833. The van der Waals surface area contributed by atoms with Crippen molar-refractivity contribution in [3.8, 4) is 0 Å². The van der Waals surface area contributed by atoms with E-state index in [1.165, 1.54) is 25.7 Å². The summed E-state index contributed by atoms with van der Waals surface area (Å²) >= 11 is 0. The van der Waals surface area contributed by atoms with Gasteiger partial charge in [-0.1, -0.05) is 19.8 Å². The van der Waals surface area contributed by atoms with Crippen LogP contribution in [0.2, 0.25) is 0 Å². The summed E-state index contributed by atoms with van der Waals surface area (Å²) < 4.78 is 0. The van der Waals surface area contributed by atoms with E-state index in [1.54, 1.807) is 0 Å². The van der Waals surface area contributed by atoms with Crippen molar-refractivity contribution < 1.29 is 14.7 Å². The van der Waals surface area contributed by atoms with Crippen molar-refractivity contribution in [1.29, 1.82) is 0 Å². The summed E-state index contributed by atoms with van der Waals surface area (Å²) in [5.41, 5.74) is 0. The first-order valence-corrected chi connectivity index (χ1v) is 6.31. The molecule has 0 radical (unpaired) electrons. The second kappa shape index (κ2) is 7.14. The molecule has 0 bridgehead atoms. The summed E-state index contributed by atoms with van der Waals surface area (Å²) in [4.78, 5) is 21.8. The minimum atomic E-state index is -0.828. The number of hydrogen-bond acceptors (Lipinski definition) is 2. The number of carboxylic acids is 1. The largest absolute Gasteiger partial charge is 0.481 e. The third-order valence-electron chi connectivity index (χ3n) is 3.16. The van der Waals surface area contributed by atoms with Gasteiger partial charge in [-0.2, -0.15) is 0 Å². The van der Waals surface area contributed by atoms with E-state index in [-0.39, 0.29) is 18.4 Å². The lowest BCUT2D eigenvalue weighted by Crippen LogP contribution is -2.40. The van der Waals surface area contributed by atoms with Crippen LogP contribution in [-0.2, 0) is 4.79 Å². The summed E-state index contributed by atoms with van der Waals surface area (Å²) in [5.74, 6) is -0.243. The Labute approximate surface area is 102 Å². The highest BCUT2D eigenvalue weighted by molar-refractivity contribution is 5.74. The van der Waals surface area contributed by atoms with Crippen LogP contribution in [0.5, 0.6) is 0 Å². The van der Waals surface area contributed by atoms with Gasteiger partial charge in [0.05, 0.1) is 0 Å². The second-order valence-electron chi connectivity index (χ2n) is 4.94. The maximum absolute atomic E-state index is 11.4. The average molecular weight is 242 g/mol. The third-order valence-corrected chi connectivity index (χ3v) is 3.16. The molecule has 17 heavy (non-hydrogen) atoms. The summed E-state index contributed by atoms with van der Waals surface area (Å²) in [7, 11) is 0. The van der Waals surface area contributed by atoms with Gasteiger partial charge >= 0.3 is 12.0 Å². The Kier molecular flexibility index (Phi) is 5.80. The minimum absolute atomic E-state index is 0.0373. The maximum Gasteiger partial charge on any atom is 0.314 e. The Hall–Kier alpha value is -1.26. The van der Waals surface area contributed by atoms with E-state index < -0.39 is 5.97 Å². The molecule has 3 N–H and O–H groups in total. The number of amides is 2. The van der Waals surface area contributed by atoms with Gasteiger partial charge < -0.3 is 15.7 Å². The quantitative estimate of drug-likeness (QED) is 0.661. The molecule has 98 valence electrons. The normalized spacial score (nSPS) is 17.7. The molecular formula is C12H22N2O3. The highest BCUT2D eigenvalue weighted by atomic mass is 16.4. The molecular weight excluding hydrogens is 220 g/mol. The van der Waals surface area contributed by atoms with E-state index in [1.807, 2.05) is 6.92 Å². The third kappa shape index (κ3) is 6.14. The molecule has 1 saturated carbocycles. The van der Waals surface area contributed by atoms with Crippen molar-refractivity contribution in [3.63, 3.8) is 0 Å². The number of carbonyl (C=O) groups excluding carboxylic acids is 1. The zero-order chi connectivity index (χ0) is 12.7. The summed E-state index contributed by atoms with van der Waals surface area (Å²) in [6.07, 6.45) is 5.03. The van der Waals surface area contributed by atoms with Gasteiger partial charge in [0.25, 0.3) is 0 Å². The van der Waals surface area contributed by atoms with Gasteiger partial charge in [-0.05, 0) is 24.7 Å². The molecule has 0 heterocycles. The predicted octanol–water partition coefficient (Wildman–Crippen LogP) is 1.59. The molecule has 0 aromatic carbocycles. The van der Waals surface area contributed by atoms with Crippen molar-refractivity contribution in [3.05, 3.63) is 0 Å². The van der Waals surface area contributed by atoms with Gasteiger partial charge in [0.15, 0.2) is 0 Å². The van der Waals surface area contributed by atoms with Gasteiger partial charge in [-0.15, -0.1) is 0 Å². The molecule has 1 fully saturated rings. The Morgan fingerprint density at radius 1 is 1.29 bits per heavy atom. The van der Waals surface area contributed by atoms with Crippen molar-refractivity contribution in [2.24, 2.45) is 11.8 Å². The first-order valence-electron chi connectivity index (χ1n) is 6.31. The number of hydrogen-bond donors (Lipinski definition) is 3. The first kappa shape index (κ1) is 13.8. The highest BCUT2D eigenvalue weighted by Gasteiger charge is 2.15. The van der Waals surface area contributed by atoms with Crippen molar-refractivity contribution >= 4 is 12.0 Å². The van der Waals surface area contributed by atoms with E-state index in [0.29, 0.717) is 12.5 Å². The average Bonchev–Trinajstić information content (AvgIpc) is 2.75. The van der Waals surface area contributed by atoms with Crippen LogP contribution in [0, 0.1) is 11.8 Å². The Morgan fingerprint density at radius 2 is 1.94 bits per heavy atom. The van der Waals surface area contributed by atoms with Crippen LogP contribution in [0.25, 0.3) is 0 Å². The molecule has 0 aromatic heterocycles. The van der Waals surface area contributed by atoms with E-state index in [9.17, 15) is 9.59 Å². The zero-order valence-electron chi connectivity index (χ0n) is 10.4. The smallest absolute Gasteiger partial charge is 0.314 e. The topological polar surface area (TPSA) is 78.4 Å². The molecule has 1 atom stereocenters. The molecule has 5 nitrogen and oxygen atoms in total. The van der Waals surface area contributed by atoms with Crippen LogP contribution in [-0.4, -0.2) is 30.2 Å². The monoisotopic (exact) mass is 242 g/mol. The predicted molar refractivity (Wildman–Crippen MR) is 64.8 cm³/mol. The molecule has 1 aliphatic carbocycles. The van der Waals surface area contributed by atoms with Crippen molar-refractivity contribution in [2.75, 3.05) is 13.1 Å². The van der Waals surface area contributed by atoms with Crippen LogP contribution in [0.15, 0.2) is 0 Å². The molecule has 5 heteroatoms. The van der Waals surface area contributed by atoms with Gasteiger partial charge in [0, 0.05) is 19.5 Å². The SMILES string of the molecule is CC(CNC(=O)NCC1CCCC1)CC(=O)O. The number of aliphatic carboxylic acids is 1. The zero-order valence-corrected chi connectivity index (χ0v) is 10.4. The lowest BCUT2D eigenvalue weighted by atomic mass is 10.1. The molecule has 0 saturated heterocycles. The molecule has 1 unspecified atom stereocenters. The number of carbonyl (C=O) groups is 2. The number of nitrogens with one attached hydrogen (secondary N) is 2. The summed E-state index contributed by atoms with van der Waals surface area (Å²) in [6, 6.07) is -0.186. The standard InChI is InChI=1S/C12H22N2O3/c1-9(6-11(15)16)7-13-12(17)14-8-10-4-2-3-5-10/h9-10H,2-8H2,1H3,(H,15,16)(H2,13,14,17). The van der Waals surface area contributed by atoms with Crippen molar-refractivity contribution in [2.45, 2.75) is 39.0 Å². The fourth-order valence-electron chi connectivity index (χ4n) is 2.15. The Bertz CT molecular complexity index is 262. The lowest BCUT2D eigenvalue weighted by Gasteiger charge is -2.13. The molecule has 0 spiro atoms. The van der Waals surface area contributed by atoms with Gasteiger partial charge in [-0.3, -0.25) is 4.79 Å². The van der Waals surface area contributed by atoms with E-state index in [0.717, 1.165) is 6.54 Å². The van der Waals surface area contributed by atoms with Crippen LogP contribution < -0.4 is 10.6 Å². The van der Waals surface area contributed by atoms with Crippen LogP contribution in [0.4, 0.5) is 4.79 Å². The first-order chi connectivity index (χ1) is 8.08. The van der Waals surface area contributed by atoms with Gasteiger partial charge in [0.1, 0.15) is 0 Å². The second-order valence-corrected chi connectivity index (χ2v) is 4.94. The van der Waals surface area contributed by atoms with Crippen LogP contribution in [0.1, 0.15) is 39.0 Å². The maximum atomic E-state index is 11.4. The number of carboxylic acid groups (broad SMARTS) is 1. The Balaban J connectivity index is 2.05. The molecule has 1 aliphatic rings. The van der Waals surface area contributed by atoms with Crippen molar-refractivity contribution in [1.82, 2.24) is 10.6 Å². The van der Waals surface area contributed by atoms with Gasteiger partial charge in [0.2, 0.25) is 0 Å². The fourth-order valence-corrected chi connectivity index (χ4v) is 2.15. The van der Waals surface area contributed by atoms with Crippen LogP contribution in [0.3, 0.4) is 0 Å². The number of rotatable bonds is 6. The van der Waals surface area contributed by atoms with Gasteiger partial charge in [-0.25, -0.2) is 4.79 Å². The lowest BCUT2D eigenvalue weighted by molar-refractivity contribution is -0.137. The summed E-state index contributed by atoms with van der Waals surface area (Å²) in [6.45, 7) is 2.95. The molecule has 0 aromatic rings. The minimum Gasteiger partial charge on any atom is -0.481 e. The van der Waals surface area contributed by atoms with E-state index in [4.69, 9.17) is 5.11 Å².